The SMILES string of the molecule is CCN(CC)CCn1c(=O)n(C)c(=O)c2c1nc([N+](=O)[O-])n2C. The maximum atomic E-state index is 12.4. The molecule has 23 heavy (non-hydrogen) atoms. The summed E-state index contributed by atoms with van der Waals surface area (Å²) in [5.74, 6) is -0.459. The van der Waals surface area contributed by atoms with Crippen LogP contribution in [0.25, 0.3) is 11.2 Å². The van der Waals surface area contributed by atoms with Crippen molar-refractivity contribution in [3.63, 3.8) is 0 Å². The fourth-order valence-corrected chi connectivity index (χ4v) is 2.56. The zero-order valence-electron chi connectivity index (χ0n) is 13.6. The summed E-state index contributed by atoms with van der Waals surface area (Å²) in [6.07, 6.45) is 0. The van der Waals surface area contributed by atoms with Gasteiger partial charge in [0.15, 0.2) is 0 Å². The predicted molar refractivity (Wildman–Crippen MR) is 84.7 cm³/mol. The van der Waals surface area contributed by atoms with E-state index < -0.39 is 22.1 Å². The van der Waals surface area contributed by atoms with Gasteiger partial charge in [0.1, 0.15) is 0 Å². The molecular weight excluding hydrogens is 304 g/mol. The van der Waals surface area contributed by atoms with Gasteiger partial charge in [-0.2, -0.15) is 0 Å². The van der Waals surface area contributed by atoms with Gasteiger partial charge in [-0.3, -0.25) is 13.9 Å². The summed E-state index contributed by atoms with van der Waals surface area (Å²) < 4.78 is 3.39. The second-order valence-electron chi connectivity index (χ2n) is 5.23. The average molecular weight is 324 g/mol. The first-order valence-electron chi connectivity index (χ1n) is 7.36. The Balaban J connectivity index is 2.68. The van der Waals surface area contributed by atoms with Gasteiger partial charge in [0.2, 0.25) is 5.52 Å². The molecule has 0 aliphatic heterocycles. The van der Waals surface area contributed by atoms with E-state index in [0.29, 0.717) is 13.1 Å². The van der Waals surface area contributed by atoms with Crippen LogP contribution in [0, 0.1) is 10.1 Å². The zero-order chi connectivity index (χ0) is 17.3. The number of nitro groups is 1. The second-order valence-corrected chi connectivity index (χ2v) is 5.23. The van der Waals surface area contributed by atoms with Gasteiger partial charge in [-0.05, 0) is 23.0 Å². The second kappa shape index (κ2) is 6.32. The molecule has 10 nitrogen and oxygen atoms in total. The molecule has 0 radical (unpaired) electrons. The van der Waals surface area contributed by atoms with Crippen LogP contribution in [0.1, 0.15) is 13.8 Å². The molecule has 0 saturated carbocycles. The third-order valence-corrected chi connectivity index (χ3v) is 4.03. The van der Waals surface area contributed by atoms with Gasteiger partial charge >= 0.3 is 11.6 Å². The standard InChI is InChI=1S/C13H20N6O4/c1-5-17(6-2)7-8-18-10-9(11(20)16(4)13(18)21)15(3)12(14-10)19(22)23/h5-8H2,1-4H3. The lowest BCUT2D eigenvalue weighted by Crippen LogP contribution is -2.40. The van der Waals surface area contributed by atoms with Crippen LogP contribution in [-0.4, -0.2) is 48.1 Å². The average Bonchev–Trinajstić information content (AvgIpc) is 2.86. The minimum atomic E-state index is -0.668. The monoisotopic (exact) mass is 324 g/mol. The van der Waals surface area contributed by atoms with E-state index in [1.54, 1.807) is 0 Å². The number of aromatic nitrogens is 4. The van der Waals surface area contributed by atoms with Gasteiger partial charge in [-0.1, -0.05) is 13.8 Å². The van der Waals surface area contributed by atoms with Crippen molar-refractivity contribution in [2.75, 3.05) is 19.6 Å². The zero-order valence-corrected chi connectivity index (χ0v) is 13.6. The van der Waals surface area contributed by atoms with E-state index in [4.69, 9.17) is 0 Å². The van der Waals surface area contributed by atoms with Crippen molar-refractivity contribution >= 4 is 17.1 Å². The molecule has 0 saturated heterocycles. The highest BCUT2D eigenvalue weighted by Gasteiger charge is 2.26. The number of likely N-dealkylation sites (N-methyl/N-ethyl adjacent to an activating group) is 1. The van der Waals surface area contributed by atoms with E-state index in [-0.39, 0.29) is 11.2 Å². The van der Waals surface area contributed by atoms with E-state index in [2.05, 4.69) is 9.88 Å². The molecule has 2 aromatic rings. The molecule has 0 aliphatic rings. The van der Waals surface area contributed by atoms with Crippen molar-refractivity contribution in [3.8, 4) is 0 Å². The van der Waals surface area contributed by atoms with Gasteiger partial charge in [0, 0.05) is 20.1 Å². The molecule has 0 spiro atoms. The number of hydrogen-bond acceptors (Lipinski definition) is 6. The van der Waals surface area contributed by atoms with E-state index in [0.717, 1.165) is 22.2 Å². The van der Waals surface area contributed by atoms with Crippen LogP contribution >= 0.6 is 0 Å². The summed E-state index contributed by atoms with van der Waals surface area (Å²) in [5.41, 5.74) is -1.01. The maximum Gasteiger partial charge on any atom is 0.437 e. The van der Waals surface area contributed by atoms with Crippen molar-refractivity contribution in [3.05, 3.63) is 31.0 Å². The van der Waals surface area contributed by atoms with Crippen LogP contribution in [0.3, 0.4) is 0 Å². The topological polar surface area (TPSA) is 108 Å². The largest absolute Gasteiger partial charge is 0.437 e. The first kappa shape index (κ1) is 16.9. The molecule has 10 heteroatoms. The Kier molecular flexibility index (Phi) is 4.64. The molecule has 0 amide bonds. The summed E-state index contributed by atoms with van der Waals surface area (Å²) in [6.45, 7) is 6.55. The number of rotatable bonds is 6. The molecule has 2 aromatic heterocycles. The summed E-state index contributed by atoms with van der Waals surface area (Å²) in [5, 5.41) is 11.1. The van der Waals surface area contributed by atoms with E-state index in [1.807, 2.05) is 13.8 Å². The van der Waals surface area contributed by atoms with Gasteiger partial charge in [0.05, 0.1) is 7.05 Å². The predicted octanol–water partition coefficient (Wildman–Crippen LogP) is -0.316. The molecule has 0 unspecified atom stereocenters. The van der Waals surface area contributed by atoms with E-state index >= 15 is 0 Å². The molecule has 0 atom stereocenters. The lowest BCUT2D eigenvalue weighted by molar-refractivity contribution is -0.396. The van der Waals surface area contributed by atoms with E-state index in [9.17, 15) is 19.7 Å². The fraction of sp³-hybridized carbons (Fsp3) is 0.615. The summed E-state index contributed by atoms with van der Waals surface area (Å²) in [7, 11) is 2.75. The smallest absolute Gasteiger partial charge is 0.390 e. The van der Waals surface area contributed by atoms with Gasteiger partial charge < -0.3 is 15.0 Å². The fourth-order valence-electron chi connectivity index (χ4n) is 2.56. The normalized spacial score (nSPS) is 11.5. The Morgan fingerprint density at radius 1 is 1.17 bits per heavy atom. The third-order valence-electron chi connectivity index (χ3n) is 4.03. The van der Waals surface area contributed by atoms with Gasteiger partial charge in [-0.15, -0.1) is 0 Å². The highest BCUT2D eigenvalue weighted by molar-refractivity contribution is 5.72. The Bertz CT molecular complexity index is 858. The molecule has 0 aliphatic carbocycles. The molecule has 0 N–H and O–H groups in total. The molecule has 126 valence electrons. The molecule has 0 fully saturated rings. The Morgan fingerprint density at radius 2 is 1.78 bits per heavy atom. The molecule has 0 bridgehead atoms. The van der Waals surface area contributed by atoms with Crippen LogP contribution < -0.4 is 11.2 Å². The molecule has 2 heterocycles. The highest BCUT2D eigenvalue weighted by atomic mass is 16.6. The number of nitrogens with zero attached hydrogens (tertiary/aromatic N) is 6. The molecule has 0 aromatic carbocycles. The maximum absolute atomic E-state index is 12.4. The number of fused-ring (bicyclic) bond motifs is 1. The van der Waals surface area contributed by atoms with Crippen molar-refractivity contribution in [2.24, 2.45) is 14.1 Å². The number of imidazole rings is 1. The van der Waals surface area contributed by atoms with Crippen molar-refractivity contribution in [1.29, 1.82) is 0 Å². The minimum absolute atomic E-state index is 0.0540. The van der Waals surface area contributed by atoms with E-state index in [1.165, 1.54) is 18.7 Å². The van der Waals surface area contributed by atoms with Crippen LogP contribution in [0.4, 0.5) is 5.95 Å². The van der Waals surface area contributed by atoms with Crippen LogP contribution in [0.15, 0.2) is 9.59 Å². The molecular formula is C13H20N6O4. The Hall–Kier alpha value is -2.49. The lowest BCUT2D eigenvalue weighted by Gasteiger charge is -2.18. The highest BCUT2D eigenvalue weighted by Crippen LogP contribution is 2.15. The van der Waals surface area contributed by atoms with Crippen LogP contribution in [0.2, 0.25) is 0 Å². The lowest BCUT2D eigenvalue weighted by atomic mass is 10.4. The summed E-state index contributed by atoms with van der Waals surface area (Å²) in [4.78, 5) is 41.0. The number of aryl methyl sites for hydroxylation is 1. The first-order chi connectivity index (χ1) is 10.8. The van der Waals surface area contributed by atoms with Crippen LogP contribution in [-0.2, 0) is 20.6 Å². The van der Waals surface area contributed by atoms with Gasteiger partial charge in [0.25, 0.3) is 11.2 Å². The van der Waals surface area contributed by atoms with Crippen molar-refractivity contribution < 1.29 is 4.92 Å². The minimum Gasteiger partial charge on any atom is -0.390 e. The van der Waals surface area contributed by atoms with Crippen LogP contribution in [0.5, 0.6) is 0 Å². The first-order valence-corrected chi connectivity index (χ1v) is 7.36. The van der Waals surface area contributed by atoms with Crippen molar-refractivity contribution in [1.82, 2.24) is 23.6 Å². The molecule has 2 rings (SSSR count). The number of hydrogen-bond donors (Lipinski definition) is 0. The quantitative estimate of drug-likeness (QED) is 0.532. The van der Waals surface area contributed by atoms with Crippen molar-refractivity contribution in [2.45, 2.75) is 20.4 Å². The Morgan fingerprint density at radius 3 is 2.30 bits per heavy atom. The summed E-state index contributed by atoms with van der Waals surface area (Å²) >= 11 is 0. The third kappa shape index (κ3) is 2.77. The summed E-state index contributed by atoms with van der Waals surface area (Å²) in [6, 6.07) is 0. The van der Waals surface area contributed by atoms with Gasteiger partial charge in [-0.25, -0.2) is 9.36 Å². The Labute approximate surface area is 131 Å².